The average Bonchev–Trinajstić information content (AvgIpc) is 2.46. The van der Waals surface area contributed by atoms with Crippen molar-refractivity contribution in [3.8, 4) is 0 Å². The minimum Gasteiger partial charge on any atom is -0.339 e. The zero-order chi connectivity index (χ0) is 10.0. The Hall–Kier alpha value is -0.570. The van der Waals surface area contributed by atoms with Crippen LogP contribution in [0.5, 0.6) is 0 Å². The predicted molar refractivity (Wildman–Crippen MR) is 53.6 cm³/mol. The molecule has 0 spiro atoms. The molecule has 1 rings (SSSR count). The number of likely N-dealkylation sites (tertiary alicyclic amines) is 1. The van der Waals surface area contributed by atoms with Crippen LogP contribution in [0.4, 0.5) is 0 Å². The summed E-state index contributed by atoms with van der Waals surface area (Å²) >= 11 is 0. The van der Waals surface area contributed by atoms with E-state index in [4.69, 9.17) is 0 Å². The summed E-state index contributed by atoms with van der Waals surface area (Å²) in [5.74, 6) is 0.305. The topological polar surface area (TPSA) is 23.6 Å². The highest BCUT2D eigenvalue weighted by atomic mass is 16.2. The van der Waals surface area contributed by atoms with E-state index in [2.05, 4.69) is 25.7 Å². The van der Waals surface area contributed by atoms with E-state index in [1.165, 1.54) is 0 Å². The average molecular weight is 184 g/mol. The first-order valence-electron chi connectivity index (χ1n) is 5.08. The number of carbonyl (C=O) groups excluding carboxylic acids is 1. The molecule has 0 radical (unpaired) electrons. The lowest BCUT2D eigenvalue weighted by Crippen LogP contribution is -2.41. The van der Waals surface area contributed by atoms with Gasteiger partial charge in [0.25, 0.3) is 0 Å². The third-order valence-electron chi connectivity index (χ3n) is 2.87. The molecular formula is C10H20N2O. The maximum absolute atomic E-state index is 11.8. The highest BCUT2D eigenvalue weighted by Crippen LogP contribution is 2.17. The van der Waals surface area contributed by atoms with Crippen LogP contribution in [0.1, 0.15) is 27.2 Å². The largest absolute Gasteiger partial charge is 0.339 e. The second kappa shape index (κ2) is 4.09. The lowest BCUT2D eigenvalue weighted by molar-refractivity contribution is -0.133. The van der Waals surface area contributed by atoms with Crippen LogP contribution in [0.3, 0.4) is 0 Å². The van der Waals surface area contributed by atoms with E-state index >= 15 is 0 Å². The van der Waals surface area contributed by atoms with Crippen LogP contribution in [0.2, 0.25) is 0 Å². The second-order valence-corrected chi connectivity index (χ2v) is 4.00. The molecule has 76 valence electrons. The third-order valence-corrected chi connectivity index (χ3v) is 2.87. The van der Waals surface area contributed by atoms with Gasteiger partial charge in [-0.1, -0.05) is 6.92 Å². The molecule has 3 nitrogen and oxygen atoms in total. The smallest absolute Gasteiger partial charge is 0.240 e. The zero-order valence-corrected chi connectivity index (χ0v) is 9.08. The lowest BCUT2D eigenvalue weighted by atomic mass is 10.2. The van der Waals surface area contributed by atoms with Gasteiger partial charge in [0.2, 0.25) is 5.91 Å². The molecule has 0 aromatic heterocycles. The van der Waals surface area contributed by atoms with E-state index < -0.39 is 0 Å². The van der Waals surface area contributed by atoms with Crippen molar-refractivity contribution in [3.05, 3.63) is 0 Å². The summed E-state index contributed by atoms with van der Waals surface area (Å²) in [6, 6.07) is 0.482. The van der Waals surface area contributed by atoms with Gasteiger partial charge < -0.3 is 4.90 Å². The molecule has 1 atom stereocenters. The molecule has 1 heterocycles. The molecule has 0 N–H and O–H groups in total. The number of amides is 1. The number of hydrogen-bond donors (Lipinski definition) is 0. The van der Waals surface area contributed by atoms with Gasteiger partial charge in [0.05, 0.1) is 6.04 Å². The quantitative estimate of drug-likeness (QED) is 0.652. The maximum Gasteiger partial charge on any atom is 0.240 e. The maximum atomic E-state index is 11.8. The van der Waals surface area contributed by atoms with Crippen molar-refractivity contribution in [2.24, 2.45) is 0 Å². The van der Waals surface area contributed by atoms with Crippen molar-refractivity contribution in [2.45, 2.75) is 39.3 Å². The monoisotopic (exact) mass is 184 g/mol. The number of likely N-dealkylation sites (N-methyl/N-ethyl adjacent to an activating group) is 1. The van der Waals surface area contributed by atoms with Gasteiger partial charge in [0, 0.05) is 12.6 Å². The van der Waals surface area contributed by atoms with Gasteiger partial charge in [-0.05, 0) is 33.9 Å². The first-order chi connectivity index (χ1) is 6.07. The third kappa shape index (κ3) is 2.02. The Morgan fingerprint density at radius 3 is 2.62 bits per heavy atom. The molecule has 0 bridgehead atoms. The molecule has 0 saturated carbocycles. The van der Waals surface area contributed by atoms with Crippen molar-refractivity contribution in [3.63, 3.8) is 0 Å². The predicted octanol–water partition coefficient (Wildman–Crippen LogP) is 0.947. The fourth-order valence-corrected chi connectivity index (χ4v) is 1.83. The second-order valence-electron chi connectivity index (χ2n) is 4.00. The summed E-state index contributed by atoms with van der Waals surface area (Å²) in [5.41, 5.74) is 0. The van der Waals surface area contributed by atoms with E-state index in [9.17, 15) is 4.79 Å². The summed E-state index contributed by atoms with van der Waals surface area (Å²) in [6.45, 7) is 8.11. The van der Waals surface area contributed by atoms with Crippen LogP contribution < -0.4 is 0 Å². The number of rotatable bonds is 3. The van der Waals surface area contributed by atoms with Gasteiger partial charge >= 0.3 is 0 Å². The van der Waals surface area contributed by atoms with E-state index in [0.29, 0.717) is 11.9 Å². The summed E-state index contributed by atoms with van der Waals surface area (Å²) in [5, 5.41) is 0. The van der Waals surface area contributed by atoms with Crippen LogP contribution in [0.15, 0.2) is 0 Å². The molecule has 3 heteroatoms. The summed E-state index contributed by atoms with van der Waals surface area (Å²) in [4.78, 5) is 15.9. The van der Waals surface area contributed by atoms with Crippen molar-refractivity contribution < 1.29 is 4.79 Å². The molecule has 1 saturated heterocycles. The number of nitrogens with zero attached hydrogens (tertiary/aromatic N) is 2. The van der Waals surface area contributed by atoms with Crippen LogP contribution in [-0.4, -0.2) is 47.9 Å². The molecule has 1 aliphatic rings. The van der Waals surface area contributed by atoms with Gasteiger partial charge in [-0.2, -0.15) is 0 Å². The van der Waals surface area contributed by atoms with Crippen LogP contribution in [-0.2, 0) is 4.79 Å². The Kier molecular flexibility index (Phi) is 3.31. The Labute approximate surface area is 80.7 Å². The standard InChI is InChI=1S/C10H20N2O/c1-5-11(4)9-6-7-12(8(2)3)10(9)13/h8-9H,5-7H2,1-4H3. The summed E-state index contributed by atoms with van der Waals surface area (Å²) in [7, 11) is 2.02. The Morgan fingerprint density at radius 1 is 1.62 bits per heavy atom. The fraction of sp³-hybridized carbons (Fsp3) is 0.900. The number of hydrogen-bond acceptors (Lipinski definition) is 2. The van der Waals surface area contributed by atoms with E-state index in [1.54, 1.807) is 0 Å². The Bertz CT molecular complexity index is 191. The molecule has 13 heavy (non-hydrogen) atoms. The minimum absolute atomic E-state index is 0.132. The molecule has 1 amide bonds. The molecular weight excluding hydrogens is 164 g/mol. The normalized spacial score (nSPS) is 23.7. The Morgan fingerprint density at radius 2 is 2.23 bits per heavy atom. The highest BCUT2D eigenvalue weighted by Gasteiger charge is 2.34. The van der Waals surface area contributed by atoms with Gasteiger partial charge in [0.15, 0.2) is 0 Å². The van der Waals surface area contributed by atoms with Crippen LogP contribution in [0, 0.1) is 0 Å². The van der Waals surface area contributed by atoms with Crippen molar-refractivity contribution in [1.29, 1.82) is 0 Å². The van der Waals surface area contributed by atoms with E-state index in [0.717, 1.165) is 19.5 Å². The highest BCUT2D eigenvalue weighted by molar-refractivity contribution is 5.84. The molecule has 1 unspecified atom stereocenters. The van der Waals surface area contributed by atoms with E-state index in [1.807, 2.05) is 11.9 Å². The van der Waals surface area contributed by atoms with Crippen molar-refractivity contribution in [2.75, 3.05) is 20.1 Å². The molecule has 0 aliphatic carbocycles. The lowest BCUT2D eigenvalue weighted by Gasteiger charge is -2.24. The van der Waals surface area contributed by atoms with Gasteiger partial charge in [0.1, 0.15) is 0 Å². The van der Waals surface area contributed by atoms with Gasteiger partial charge in [-0.3, -0.25) is 9.69 Å². The molecule has 1 fully saturated rings. The summed E-state index contributed by atoms with van der Waals surface area (Å²) < 4.78 is 0. The van der Waals surface area contributed by atoms with E-state index in [-0.39, 0.29) is 6.04 Å². The van der Waals surface area contributed by atoms with Gasteiger partial charge in [-0.15, -0.1) is 0 Å². The van der Waals surface area contributed by atoms with Crippen molar-refractivity contribution in [1.82, 2.24) is 9.80 Å². The minimum atomic E-state index is 0.132. The zero-order valence-electron chi connectivity index (χ0n) is 9.08. The summed E-state index contributed by atoms with van der Waals surface area (Å²) in [6.07, 6.45) is 0.987. The fourth-order valence-electron chi connectivity index (χ4n) is 1.83. The van der Waals surface area contributed by atoms with Crippen molar-refractivity contribution >= 4 is 5.91 Å². The SMILES string of the molecule is CCN(C)C1CCN(C(C)C)C1=O. The first kappa shape index (κ1) is 10.5. The Balaban J connectivity index is 2.60. The molecule has 0 aromatic carbocycles. The number of carbonyl (C=O) groups is 1. The first-order valence-corrected chi connectivity index (χ1v) is 5.08. The van der Waals surface area contributed by atoms with Crippen LogP contribution in [0.25, 0.3) is 0 Å². The molecule has 0 aromatic rings. The van der Waals surface area contributed by atoms with Crippen LogP contribution >= 0.6 is 0 Å². The molecule has 1 aliphatic heterocycles. The van der Waals surface area contributed by atoms with Gasteiger partial charge in [-0.25, -0.2) is 0 Å².